The van der Waals surface area contributed by atoms with Crippen LogP contribution in [0.25, 0.3) is 11.5 Å². The maximum absolute atomic E-state index is 13.0. The fourth-order valence-corrected chi connectivity index (χ4v) is 3.37. The van der Waals surface area contributed by atoms with E-state index in [0.717, 1.165) is 24.3 Å². The first-order chi connectivity index (χ1) is 14.3. The van der Waals surface area contributed by atoms with Gasteiger partial charge in [-0.15, -0.1) is 10.2 Å². The van der Waals surface area contributed by atoms with Crippen LogP contribution in [0.15, 0.2) is 59.0 Å². The van der Waals surface area contributed by atoms with E-state index in [0.29, 0.717) is 12.1 Å². The molecule has 0 N–H and O–H groups in total. The number of halogens is 3. The van der Waals surface area contributed by atoms with Gasteiger partial charge in [-0.25, -0.2) is 0 Å². The number of hydrogen-bond donors (Lipinski definition) is 0. The number of para-hydroxylation sites is 1. The Labute approximate surface area is 170 Å². The molecule has 6 nitrogen and oxygen atoms in total. The van der Waals surface area contributed by atoms with E-state index in [9.17, 15) is 18.0 Å². The molecule has 4 rings (SSSR count). The summed E-state index contributed by atoms with van der Waals surface area (Å²) in [5.74, 6) is -1.58. The number of carbonyl (C=O) groups is 1. The summed E-state index contributed by atoms with van der Waals surface area (Å²) in [5, 5.41) is 6.50. The minimum absolute atomic E-state index is 0.0475. The molecule has 0 unspecified atom stereocenters. The Morgan fingerprint density at radius 3 is 2.33 bits per heavy atom. The molecule has 1 aliphatic rings. The van der Waals surface area contributed by atoms with Crippen LogP contribution in [0.1, 0.15) is 11.5 Å². The summed E-state index contributed by atoms with van der Waals surface area (Å²) >= 11 is 0. The van der Waals surface area contributed by atoms with E-state index >= 15 is 0 Å². The second-order valence-corrected chi connectivity index (χ2v) is 7.29. The zero-order valence-corrected chi connectivity index (χ0v) is 16.1. The molecule has 9 heteroatoms. The molecule has 2 aromatic carbocycles. The lowest BCUT2D eigenvalue weighted by Gasteiger charge is -2.38. The summed E-state index contributed by atoms with van der Waals surface area (Å²) in [6, 6.07) is 16.1. The van der Waals surface area contributed by atoms with E-state index in [-0.39, 0.29) is 17.7 Å². The third-order valence-electron chi connectivity index (χ3n) is 4.96. The molecule has 156 valence electrons. The van der Waals surface area contributed by atoms with Crippen LogP contribution < -0.4 is 4.90 Å². The number of amides is 1. The van der Waals surface area contributed by atoms with Crippen molar-refractivity contribution in [1.29, 1.82) is 0 Å². The van der Waals surface area contributed by atoms with Gasteiger partial charge >= 0.3 is 12.1 Å². The van der Waals surface area contributed by atoms with Gasteiger partial charge in [-0.3, -0.25) is 4.79 Å². The van der Waals surface area contributed by atoms with Crippen molar-refractivity contribution in [2.45, 2.75) is 12.7 Å². The molecule has 1 saturated heterocycles. The molecular weight excluding hydrogens is 397 g/mol. The van der Waals surface area contributed by atoms with E-state index < -0.39 is 12.1 Å². The average molecular weight is 416 g/mol. The van der Waals surface area contributed by atoms with Crippen LogP contribution in [-0.4, -0.2) is 41.1 Å². The van der Waals surface area contributed by atoms with Gasteiger partial charge in [0.15, 0.2) is 0 Å². The first-order valence-electron chi connectivity index (χ1n) is 9.36. The van der Waals surface area contributed by atoms with Crippen LogP contribution >= 0.6 is 0 Å². The lowest BCUT2D eigenvalue weighted by molar-refractivity contribution is -0.157. The van der Waals surface area contributed by atoms with E-state index in [1.165, 1.54) is 0 Å². The number of rotatable bonds is 5. The van der Waals surface area contributed by atoms with Gasteiger partial charge in [-0.2, -0.15) is 13.2 Å². The van der Waals surface area contributed by atoms with Crippen molar-refractivity contribution in [3.63, 3.8) is 0 Å². The Balaban J connectivity index is 1.53. The van der Waals surface area contributed by atoms with Crippen LogP contribution in [0, 0.1) is 5.92 Å². The number of nitrogens with zero attached hydrogens (tertiary/aromatic N) is 4. The minimum atomic E-state index is -4.68. The zero-order chi connectivity index (χ0) is 21.3. The van der Waals surface area contributed by atoms with E-state index in [4.69, 9.17) is 4.42 Å². The minimum Gasteiger partial charge on any atom is -0.413 e. The van der Waals surface area contributed by atoms with Crippen LogP contribution in [0.2, 0.25) is 0 Å². The number of benzene rings is 2. The smallest absolute Gasteiger partial charge is 0.413 e. The molecule has 30 heavy (non-hydrogen) atoms. The molecule has 2 heterocycles. The highest BCUT2D eigenvalue weighted by Crippen LogP contribution is 2.30. The third kappa shape index (κ3) is 4.20. The SMILES string of the molecule is CN1CC(C(=O)N(Cc2ccc(-c3nnc(C(F)(F)F)o3)cc2)c2ccccc2)C1. The van der Waals surface area contributed by atoms with Gasteiger partial charge in [-0.05, 0) is 36.9 Å². The van der Waals surface area contributed by atoms with Gasteiger partial charge in [0.25, 0.3) is 0 Å². The summed E-state index contributed by atoms with van der Waals surface area (Å²) in [6.07, 6.45) is -4.68. The molecule has 0 bridgehead atoms. The van der Waals surface area contributed by atoms with Gasteiger partial charge in [0, 0.05) is 24.3 Å². The van der Waals surface area contributed by atoms with Gasteiger partial charge in [0.05, 0.1) is 12.5 Å². The average Bonchev–Trinajstić information content (AvgIpc) is 3.21. The highest BCUT2D eigenvalue weighted by atomic mass is 19.4. The van der Waals surface area contributed by atoms with E-state index in [2.05, 4.69) is 15.1 Å². The zero-order valence-electron chi connectivity index (χ0n) is 16.1. The number of aromatic nitrogens is 2. The number of likely N-dealkylation sites (tertiary alicyclic amines) is 1. The number of hydrogen-bond acceptors (Lipinski definition) is 5. The molecule has 0 aliphatic carbocycles. The van der Waals surface area contributed by atoms with Crippen LogP contribution in [0.3, 0.4) is 0 Å². The monoisotopic (exact) mass is 416 g/mol. The molecule has 1 fully saturated rings. The van der Waals surface area contributed by atoms with Gasteiger partial charge < -0.3 is 14.2 Å². The second kappa shape index (κ2) is 7.91. The Kier molecular flexibility index (Phi) is 5.29. The lowest BCUT2D eigenvalue weighted by Crippen LogP contribution is -2.52. The molecule has 0 radical (unpaired) electrons. The maximum atomic E-state index is 13.0. The quantitative estimate of drug-likeness (QED) is 0.632. The van der Waals surface area contributed by atoms with Gasteiger partial charge in [-0.1, -0.05) is 30.3 Å². The standard InChI is InChI=1S/C21H19F3N4O2/c1-27-12-16(13-27)19(29)28(17-5-3-2-4-6-17)11-14-7-9-15(10-8-14)18-25-26-20(30-18)21(22,23)24/h2-10,16H,11-13H2,1H3. The number of anilines is 1. The Bertz CT molecular complexity index is 1010. The van der Waals surface area contributed by atoms with E-state index in [1.807, 2.05) is 37.4 Å². The summed E-state index contributed by atoms with van der Waals surface area (Å²) in [5.41, 5.74) is 2.01. The summed E-state index contributed by atoms with van der Waals surface area (Å²) in [7, 11) is 1.97. The van der Waals surface area contributed by atoms with Crippen molar-refractivity contribution in [3.05, 3.63) is 66.1 Å². The largest absolute Gasteiger partial charge is 0.470 e. The van der Waals surface area contributed by atoms with Crippen molar-refractivity contribution in [3.8, 4) is 11.5 Å². The van der Waals surface area contributed by atoms with Crippen molar-refractivity contribution in [2.24, 2.45) is 5.92 Å². The molecule has 3 aromatic rings. The molecule has 0 atom stereocenters. The Morgan fingerprint density at radius 2 is 1.77 bits per heavy atom. The van der Waals surface area contributed by atoms with Crippen LogP contribution in [0.4, 0.5) is 18.9 Å². The number of alkyl halides is 3. The summed E-state index contributed by atoms with van der Waals surface area (Å²) < 4.78 is 42.7. The third-order valence-corrected chi connectivity index (χ3v) is 4.96. The topological polar surface area (TPSA) is 62.5 Å². The Morgan fingerprint density at radius 1 is 1.10 bits per heavy atom. The van der Waals surface area contributed by atoms with E-state index in [1.54, 1.807) is 29.2 Å². The van der Waals surface area contributed by atoms with Crippen molar-refractivity contribution >= 4 is 11.6 Å². The van der Waals surface area contributed by atoms with Crippen molar-refractivity contribution < 1.29 is 22.4 Å². The highest BCUT2D eigenvalue weighted by Gasteiger charge is 2.38. The van der Waals surface area contributed by atoms with Crippen molar-refractivity contribution in [2.75, 3.05) is 25.0 Å². The predicted molar refractivity (Wildman–Crippen MR) is 103 cm³/mol. The fraction of sp³-hybridized carbons (Fsp3) is 0.286. The molecule has 1 aliphatic heterocycles. The number of carbonyl (C=O) groups excluding carboxylic acids is 1. The molecule has 1 amide bonds. The normalized spacial score (nSPS) is 15.1. The van der Waals surface area contributed by atoms with Gasteiger partial charge in [0.2, 0.25) is 11.8 Å². The van der Waals surface area contributed by atoms with Crippen molar-refractivity contribution in [1.82, 2.24) is 15.1 Å². The van der Waals surface area contributed by atoms with Gasteiger partial charge in [0.1, 0.15) is 0 Å². The summed E-state index contributed by atoms with van der Waals surface area (Å²) in [6.45, 7) is 1.79. The first kappa shape index (κ1) is 20.1. The molecule has 0 spiro atoms. The predicted octanol–water partition coefficient (Wildman–Crippen LogP) is 3.85. The first-order valence-corrected chi connectivity index (χ1v) is 9.36. The Hall–Kier alpha value is -3.20. The van der Waals surface area contributed by atoms with Crippen LogP contribution in [-0.2, 0) is 17.5 Å². The second-order valence-electron chi connectivity index (χ2n) is 7.29. The fourth-order valence-electron chi connectivity index (χ4n) is 3.37. The van der Waals surface area contributed by atoms with Crippen LogP contribution in [0.5, 0.6) is 0 Å². The molecule has 1 aromatic heterocycles. The molecule has 0 saturated carbocycles. The lowest BCUT2D eigenvalue weighted by atomic mass is 9.98. The maximum Gasteiger partial charge on any atom is 0.470 e. The molecular formula is C21H19F3N4O2. The highest BCUT2D eigenvalue weighted by molar-refractivity contribution is 5.95. The summed E-state index contributed by atoms with van der Waals surface area (Å²) in [4.78, 5) is 16.8.